The molecule has 0 fully saturated rings. The van der Waals surface area contributed by atoms with Crippen LogP contribution in [0.1, 0.15) is 17.0 Å². The van der Waals surface area contributed by atoms with Crippen LogP contribution in [0.3, 0.4) is 0 Å². The van der Waals surface area contributed by atoms with E-state index in [0.717, 1.165) is 16.1 Å². The zero-order valence-corrected chi connectivity index (χ0v) is 10.6. The standard InChI is InChI=1S/C13H13NO2S/c1-9-14-11-7-6-10(8-12(11)17-9)4-3-5-13(15)16-2/h3-4,6-8H,5H2,1-2H3/b4-3+. The molecule has 0 aliphatic heterocycles. The molecule has 0 spiro atoms. The fraction of sp³-hybridized carbons (Fsp3) is 0.231. The van der Waals surface area contributed by atoms with Crippen molar-refractivity contribution in [3.63, 3.8) is 0 Å². The lowest BCUT2D eigenvalue weighted by Crippen LogP contribution is -1.96. The Morgan fingerprint density at radius 3 is 3.12 bits per heavy atom. The van der Waals surface area contributed by atoms with E-state index in [-0.39, 0.29) is 5.97 Å². The van der Waals surface area contributed by atoms with E-state index in [0.29, 0.717) is 6.42 Å². The molecule has 0 N–H and O–H groups in total. The second kappa shape index (κ2) is 5.10. The first-order chi connectivity index (χ1) is 8.19. The van der Waals surface area contributed by atoms with E-state index in [1.54, 1.807) is 17.4 Å². The van der Waals surface area contributed by atoms with E-state index in [9.17, 15) is 4.79 Å². The van der Waals surface area contributed by atoms with Crippen molar-refractivity contribution in [3.8, 4) is 0 Å². The predicted molar refractivity (Wildman–Crippen MR) is 70.0 cm³/mol. The number of carbonyl (C=O) groups is 1. The van der Waals surface area contributed by atoms with E-state index >= 15 is 0 Å². The normalized spacial score (nSPS) is 11.2. The van der Waals surface area contributed by atoms with E-state index in [1.165, 1.54) is 11.8 Å². The fourth-order valence-electron chi connectivity index (χ4n) is 1.53. The van der Waals surface area contributed by atoms with Crippen molar-refractivity contribution in [3.05, 3.63) is 34.8 Å². The molecule has 0 aliphatic rings. The third-order valence-corrected chi connectivity index (χ3v) is 3.28. The lowest BCUT2D eigenvalue weighted by molar-refractivity contribution is -0.139. The van der Waals surface area contributed by atoms with Crippen LogP contribution in [-0.4, -0.2) is 18.1 Å². The highest BCUT2D eigenvalue weighted by Crippen LogP contribution is 2.23. The predicted octanol–water partition coefficient (Wildman–Crippen LogP) is 3.18. The number of ether oxygens (including phenoxy) is 1. The van der Waals surface area contributed by atoms with Gasteiger partial charge in [0, 0.05) is 0 Å². The van der Waals surface area contributed by atoms with Gasteiger partial charge in [0.05, 0.1) is 28.8 Å². The molecule has 1 aromatic carbocycles. The maximum Gasteiger partial charge on any atom is 0.309 e. The summed E-state index contributed by atoms with van der Waals surface area (Å²) in [6, 6.07) is 6.07. The number of fused-ring (bicyclic) bond motifs is 1. The minimum atomic E-state index is -0.226. The van der Waals surface area contributed by atoms with Crippen molar-refractivity contribution >= 4 is 33.6 Å². The summed E-state index contributed by atoms with van der Waals surface area (Å²) >= 11 is 1.67. The molecule has 1 aromatic heterocycles. The highest BCUT2D eigenvalue weighted by molar-refractivity contribution is 7.18. The number of nitrogens with zero attached hydrogens (tertiary/aromatic N) is 1. The number of aromatic nitrogens is 1. The van der Waals surface area contributed by atoms with Crippen LogP contribution in [0, 0.1) is 6.92 Å². The zero-order chi connectivity index (χ0) is 12.3. The molecule has 2 rings (SSSR count). The summed E-state index contributed by atoms with van der Waals surface area (Å²) in [6.07, 6.45) is 4.03. The fourth-order valence-corrected chi connectivity index (χ4v) is 2.41. The number of rotatable bonds is 3. The molecule has 4 heteroatoms. The van der Waals surface area contributed by atoms with Gasteiger partial charge in [-0.25, -0.2) is 4.98 Å². The molecule has 0 radical (unpaired) electrons. The lowest BCUT2D eigenvalue weighted by Gasteiger charge is -1.94. The summed E-state index contributed by atoms with van der Waals surface area (Å²) in [6.45, 7) is 2.00. The van der Waals surface area contributed by atoms with Crippen molar-refractivity contribution < 1.29 is 9.53 Å². The molecule has 17 heavy (non-hydrogen) atoms. The third kappa shape index (κ3) is 2.91. The van der Waals surface area contributed by atoms with Crippen LogP contribution in [0.2, 0.25) is 0 Å². The summed E-state index contributed by atoms with van der Waals surface area (Å²) in [7, 11) is 1.39. The number of hydrogen-bond acceptors (Lipinski definition) is 4. The van der Waals surface area contributed by atoms with Gasteiger partial charge in [-0.2, -0.15) is 0 Å². The second-order valence-corrected chi connectivity index (χ2v) is 4.88. The van der Waals surface area contributed by atoms with Crippen molar-refractivity contribution in [2.24, 2.45) is 0 Å². The average molecular weight is 247 g/mol. The first-order valence-electron chi connectivity index (χ1n) is 5.29. The monoisotopic (exact) mass is 247 g/mol. The summed E-state index contributed by atoms with van der Waals surface area (Å²) in [4.78, 5) is 15.3. The first kappa shape index (κ1) is 11.8. The lowest BCUT2D eigenvalue weighted by atomic mass is 10.2. The van der Waals surface area contributed by atoms with E-state index in [4.69, 9.17) is 0 Å². The molecule has 0 saturated carbocycles. The van der Waals surface area contributed by atoms with Crippen LogP contribution in [0.15, 0.2) is 24.3 Å². The Hall–Kier alpha value is -1.68. The molecule has 1 heterocycles. The average Bonchev–Trinajstić information content (AvgIpc) is 2.68. The minimum absolute atomic E-state index is 0.226. The van der Waals surface area contributed by atoms with Crippen LogP contribution in [0.5, 0.6) is 0 Å². The molecule has 2 aromatic rings. The van der Waals surface area contributed by atoms with Crippen LogP contribution in [-0.2, 0) is 9.53 Å². The second-order valence-electron chi connectivity index (χ2n) is 3.64. The molecular formula is C13H13NO2S. The summed E-state index contributed by atoms with van der Waals surface area (Å²) in [5.74, 6) is -0.226. The van der Waals surface area contributed by atoms with Crippen molar-refractivity contribution in [1.29, 1.82) is 0 Å². The number of carbonyl (C=O) groups excluding carboxylic acids is 1. The van der Waals surface area contributed by atoms with Gasteiger partial charge < -0.3 is 4.74 Å². The largest absolute Gasteiger partial charge is 0.469 e. The van der Waals surface area contributed by atoms with Crippen molar-refractivity contribution in [2.45, 2.75) is 13.3 Å². The van der Waals surface area contributed by atoms with E-state index < -0.39 is 0 Å². The smallest absolute Gasteiger partial charge is 0.309 e. The van der Waals surface area contributed by atoms with Gasteiger partial charge in [-0.05, 0) is 24.6 Å². The zero-order valence-electron chi connectivity index (χ0n) is 9.77. The van der Waals surface area contributed by atoms with Gasteiger partial charge in [0.2, 0.25) is 0 Å². The molecule has 0 bridgehead atoms. The number of methoxy groups -OCH3 is 1. The van der Waals surface area contributed by atoms with E-state index in [2.05, 4.69) is 15.8 Å². The van der Waals surface area contributed by atoms with Crippen LogP contribution < -0.4 is 0 Å². The Labute approximate surface area is 104 Å². The quantitative estimate of drug-likeness (QED) is 0.782. The minimum Gasteiger partial charge on any atom is -0.469 e. The summed E-state index contributed by atoms with van der Waals surface area (Å²) < 4.78 is 5.73. The molecule has 0 saturated heterocycles. The van der Waals surface area contributed by atoms with Crippen molar-refractivity contribution in [2.75, 3.05) is 7.11 Å². The summed E-state index contributed by atoms with van der Waals surface area (Å²) in [5.41, 5.74) is 2.10. The Morgan fingerprint density at radius 1 is 1.53 bits per heavy atom. The van der Waals surface area contributed by atoms with Gasteiger partial charge >= 0.3 is 5.97 Å². The Bertz CT molecular complexity index is 572. The molecule has 88 valence electrons. The maximum absolute atomic E-state index is 10.9. The number of hydrogen-bond donors (Lipinski definition) is 0. The maximum atomic E-state index is 10.9. The highest BCUT2D eigenvalue weighted by Gasteiger charge is 2.00. The highest BCUT2D eigenvalue weighted by atomic mass is 32.1. The van der Waals surface area contributed by atoms with Crippen LogP contribution in [0.4, 0.5) is 0 Å². The number of benzene rings is 1. The van der Waals surface area contributed by atoms with Crippen molar-refractivity contribution in [1.82, 2.24) is 4.98 Å². The van der Waals surface area contributed by atoms with Gasteiger partial charge in [-0.3, -0.25) is 4.79 Å². The molecule has 0 aliphatic carbocycles. The van der Waals surface area contributed by atoms with E-state index in [1.807, 2.05) is 25.1 Å². The third-order valence-electron chi connectivity index (χ3n) is 2.34. The molecular weight excluding hydrogens is 234 g/mol. The van der Waals surface area contributed by atoms with Gasteiger partial charge in [0.15, 0.2) is 0 Å². The number of esters is 1. The molecule has 0 unspecified atom stereocenters. The Balaban J connectivity index is 2.16. The van der Waals surface area contributed by atoms with Gasteiger partial charge in [0.25, 0.3) is 0 Å². The Morgan fingerprint density at radius 2 is 2.35 bits per heavy atom. The Kier molecular flexibility index (Phi) is 3.54. The number of thiazole rings is 1. The molecule has 0 atom stereocenters. The first-order valence-corrected chi connectivity index (χ1v) is 6.11. The van der Waals surface area contributed by atoms with Gasteiger partial charge in [-0.15, -0.1) is 11.3 Å². The van der Waals surface area contributed by atoms with Crippen LogP contribution >= 0.6 is 11.3 Å². The van der Waals surface area contributed by atoms with Gasteiger partial charge in [-0.1, -0.05) is 18.2 Å². The molecule has 3 nitrogen and oxygen atoms in total. The molecule has 0 amide bonds. The van der Waals surface area contributed by atoms with Gasteiger partial charge in [0.1, 0.15) is 0 Å². The summed E-state index contributed by atoms with van der Waals surface area (Å²) in [5, 5.41) is 1.07. The van der Waals surface area contributed by atoms with Crippen LogP contribution in [0.25, 0.3) is 16.3 Å². The number of aryl methyl sites for hydroxylation is 1. The topological polar surface area (TPSA) is 39.2 Å². The SMILES string of the molecule is COC(=O)C/C=C/c1ccc2nc(C)sc2c1.